The van der Waals surface area contributed by atoms with Gasteiger partial charge in [0.15, 0.2) is 0 Å². The predicted molar refractivity (Wildman–Crippen MR) is 67.1 cm³/mol. The first-order valence-corrected chi connectivity index (χ1v) is 5.33. The predicted octanol–water partition coefficient (Wildman–Crippen LogP) is 4.52. The van der Waals surface area contributed by atoms with E-state index in [4.69, 9.17) is 34.8 Å². The Hall–Kier alpha value is -0.630. The lowest BCUT2D eigenvalue weighted by Gasteiger charge is -2.30. The van der Waals surface area contributed by atoms with Crippen molar-refractivity contribution in [2.75, 3.05) is 0 Å². The second kappa shape index (κ2) is 4.93. The summed E-state index contributed by atoms with van der Waals surface area (Å²) in [5.74, 6) is 0. The van der Waals surface area contributed by atoms with Crippen molar-refractivity contribution in [2.45, 2.75) is 4.46 Å². The molecule has 1 aromatic rings. The second-order valence-electron chi connectivity index (χ2n) is 2.79. The molecular formula is C11H10Cl3N. The van der Waals surface area contributed by atoms with Crippen molar-refractivity contribution < 1.29 is 0 Å². The van der Waals surface area contributed by atoms with Crippen LogP contribution in [0, 0.1) is 0 Å². The average Bonchev–Trinajstić information content (AvgIpc) is 2.19. The third-order valence-corrected chi connectivity index (χ3v) is 3.04. The summed E-state index contributed by atoms with van der Waals surface area (Å²) in [5.41, 5.74) is 0.592. The van der Waals surface area contributed by atoms with E-state index in [9.17, 15) is 0 Å². The van der Waals surface area contributed by atoms with Crippen LogP contribution in [0.4, 0.5) is 0 Å². The molecule has 0 amide bonds. The first-order valence-electron chi connectivity index (χ1n) is 4.20. The Kier molecular flexibility index (Phi) is 4.09. The van der Waals surface area contributed by atoms with Crippen LogP contribution in [0.1, 0.15) is 5.56 Å². The van der Waals surface area contributed by atoms with E-state index in [-0.39, 0.29) is 0 Å². The summed E-state index contributed by atoms with van der Waals surface area (Å²) in [7, 11) is 0. The summed E-state index contributed by atoms with van der Waals surface area (Å²) < 4.78 is -1.29. The van der Waals surface area contributed by atoms with Gasteiger partial charge in [-0.05, 0) is 18.5 Å². The maximum Gasteiger partial charge on any atom is 0.221 e. The SMILES string of the molecule is C=CN(C=C)C(Cl)(Cl)c1ccccc1Cl. The molecule has 0 spiro atoms. The van der Waals surface area contributed by atoms with Crippen molar-refractivity contribution in [3.63, 3.8) is 0 Å². The largest absolute Gasteiger partial charge is 0.320 e. The summed E-state index contributed by atoms with van der Waals surface area (Å²) in [6.45, 7) is 7.19. The zero-order valence-corrected chi connectivity index (χ0v) is 10.2. The molecule has 0 aromatic heterocycles. The topological polar surface area (TPSA) is 3.24 Å². The van der Waals surface area contributed by atoms with Crippen molar-refractivity contribution in [1.29, 1.82) is 0 Å². The smallest absolute Gasteiger partial charge is 0.221 e. The van der Waals surface area contributed by atoms with E-state index >= 15 is 0 Å². The zero-order chi connectivity index (χ0) is 11.5. The van der Waals surface area contributed by atoms with Gasteiger partial charge in [-0.1, -0.05) is 66.2 Å². The number of alkyl halides is 2. The van der Waals surface area contributed by atoms with Gasteiger partial charge in [0, 0.05) is 10.6 Å². The molecule has 0 bridgehead atoms. The minimum absolute atomic E-state index is 0.496. The zero-order valence-electron chi connectivity index (χ0n) is 7.96. The van der Waals surface area contributed by atoms with Gasteiger partial charge in [-0.15, -0.1) is 0 Å². The molecule has 1 nitrogen and oxygen atoms in total. The normalized spacial score (nSPS) is 10.9. The van der Waals surface area contributed by atoms with E-state index in [1.54, 1.807) is 12.1 Å². The summed E-state index contributed by atoms with van der Waals surface area (Å²) in [6, 6.07) is 7.09. The molecule has 0 atom stereocenters. The molecule has 1 aromatic carbocycles. The maximum absolute atomic E-state index is 6.20. The van der Waals surface area contributed by atoms with Crippen molar-refractivity contribution in [1.82, 2.24) is 4.90 Å². The van der Waals surface area contributed by atoms with Crippen LogP contribution in [0.15, 0.2) is 49.8 Å². The molecule has 0 aliphatic carbocycles. The Bertz CT molecular complexity index is 366. The highest BCUT2D eigenvalue weighted by Gasteiger charge is 2.32. The van der Waals surface area contributed by atoms with E-state index in [0.29, 0.717) is 10.6 Å². The number of benzene rings is 1. The van der Waals surface area contributed by atoms with Gasteiger partial charge in [-0.3, -0.25) is 0 Å². The van der Waals surface area contributed by atoms with Crippen LogP contribution in [0.2, 0.25) is 5.02 Å². The minimum Gasteiger partial charge on any atom is -0.320 e. The summed E-state index contributed by atoms with van der Waals surface area (Å²) in [4.78, 5) is 1.47. The van der Waals surface area contributed by atoms with Gasteiger partial charge in [-0.25, -0.2) is 0 Å². The molecule has 0 aliphatic rings. The van der Waals surface area contributed by atoms with E-state index in [2.05, 4.69) is 13.2 Å². The molecule has 0 saturated heterocycles. The summed E-state index contributed by atoms with van der Waals surface area (Å²) in [5, 5.41) is 0.496. The molecule has 0 N–H and O–H groups in total. The number of nitrogens with zero attached hydrogens (tertiary/aromatic N) is 1. The highest BCUT2D eigenvalue weighted by atomic mass is 35.5. The third-order valence-electron chi connectivity index (χ3n) is 1.92. The van der Waals surface area contributed by atoms with Crippen LogP contribution in [0.5, 0.6) is 0 Å². The molecule has 1 rings (SSSR count). The molecule has 0 saturated carbocycles. The summed E-state index contributed by atoms with van der Waals surface area (Å²) in [6.07, 6.45) is 2.96. The Morgan fingerprint density at radius 1 is 1.13 bits per heavy atom. The van der Waals surface area contributed by atoms with Crippen molar-refractivity contribution in [3.05, 3.63) is 60.4 Å². The van der Waals surface area contributed by atoms with Crippen LogP contribution in [-0.4, -0.2) is 4.90 Å². The van der Waals surface area contributed by atoms with E-state index in [1.807, 2.05) is 12.1 Å². The van der Waals surface area contributed by atoms with Crippen LogP contribution < -0.4 is 0 Å². The summed E-state index contributed by atoms with van der Waals surface area (Å²) >= 11 is 18.4. The molecule has 0 fully saturated rings. The Labute approximate surface area is 105 Å². The fourth-order valence-electron chi connectivity index (χ4n) is 1.15. The van der Waals surface area contributed by atoms with Gasteiger partial charge in [-0.2, -0.15) is 0 Å². The van der Waals surface area contributed by atoms with Gasteiger partial charge in [0.2, 0.25) is 4.46 Å². The second-order valence-corrected chi connectivity index (χ2v) is 4.49. The van der Waals surface area contributed by atoms with Crippen molar-refractivity contribution in [2.24, 2.45) is 0 Å². The lowest BCUT2D eigenvalue weighted by atomic mass is 10.2. The number of hydrogen-bond acceptors (Lipinski definition) is 1. The van der Waals surface area contributed by atoms with Crippen LogP contribution in [0.25, 0.3) is 0 Å². The average molecular weight is 263 g/mol. The first kappa shape index (κ1) is 12.4. The van der Waals surface area contributed by atoms with E-state index in [1.165, 1.54) is 17.3 Å². The quantitative estimate of drug-likeness (QED) is 0.570. The van der Waals surface area contributed by atoms with Gasteiger partial charge in [0.05, 0.1) is 0 Å². The molecular weight excluding hydrogens is 252 g/mol. The molecule has 15 heavy (non-hydrogen) atoms. The first-order chi connectivity index (χ1) is 7.04. The molecule has 0 unspecified atom stereocenters. The Morgan fingerprint density at radius 3 is 2.13 bits per heavy atom. The Balaban J connectivity index is 3.20. The fourth-order valence-corrected chi connectivity index (χ4v) is 2.12. The number of hydrogen-bond donors (Lipinski definition) is 0. The lowest BCUT2D eigenvalue weighted by molar-refractivity contribution is 0.433. The van der Waals surface area contributed by atoms with Gasteiger partial charge < -0.3 is 4.90 Å². The Morgan fingerprint density at radius 2 is 1.67 bits per heavy atom. The molecule has 0 aliphatic heterocycles. The van der Waals surface area contributed by atoms with Gasteiger partial charge in [0.1, 0.15) is 0 Å². The standard InChI is InChI=1S/C11H10Cl3N/c1-3-15(4-2)11(13,14)9-7-5-6-8-10(9)12/h3-8H,1-2H2. The van der Waals surface area contributed by atoms with E-state index < -0.39 is 4.46 Å². The minimum atomic E-state index is -1.29. The molecule has 4 heteroatoms. The number of rotatable bonds is 4. The van der Waals surface area contributed by atoms with Crippen molar-refractivity contribution in [3.8, 4) is 0 Å². The van der Waals surface area contributed by atoms with Gasteiger partial charge >= 0.3 is 0 Å². The molecule has 80 valence electrons. The van der Waals surface area contributed by atoms with Gasteiger partial charge in [0.25, 0.3) is 0 Å². The molecule has 0 heterocycles. The van der Waals surface area contributed by atoms with Crippen molar-refractivity contribution >= 4 is 34.8 Å². The van der Waals surface area contributed by atoms with Crippen LogP contribution in [0.3, 0.4) is 0 Å². The highest BCUT2D eigenvalue weighted by Crippen LogP contribution is 2.41. The maximum atomic E-state index is 6.20. The van der Waals surface area contributed by atoms with Crippen LogP contribution in [-0.2, 0) is 4.46 Å². The van der Waals surface area contributed by atoms with Crippen LogP contribution >= 0.6 is 34.8 Å². The number of halogens is 3. The third kappa shape index (κ3) is 2.49. The van der Waals surface area contributed by atoms with E-state index in [0.717, 1.165) is 0 Å². The highest BCUT2D eigenvalue weighted by molar-refractivity contribution is 6.49. The monoisotopic (exact) mass is 261 g/mol. The molecule has 0 radical (unpaired) electrons. The lowest BCUT2D eigenvalue weighted by Crippen LogP contribution is -2.28. The fraction of sp³-hybridized carbons (Fsp3) is 0.0909.